The van der Waals surface area contributed by atoms with E-state index in [9.17, 15) is 0 Å². The fraction of sp³-hybridized carbons (Fsp3) is 0.200. The van der Waals surface area contributed by atoms with Gasteiger partial charge in [0, 0.05) is 3.57 Å². The molecule has 4 heteroatoms. The third kappa shape index (κ3) is 3.44. The Morgan fingerprint density at radius 3 is 2.37 bits per heavy atom. The van der Waals surface area contributed by atoms with Gasteiger partial charge in [-0.05, 0) is 64.4 Å². The average molecular weight is 452 g/mol. The lowest BCUT2D eigenvalue weighted by molar-refractivity contribution is 0.411. The first-order valence-corrected chi connectivity index (χ1v) is 8.13. The predicted octanol–water partition coefficient (Wildman–Crippen LogP) is 5.75. The van der Waals surface area contributed by atoms with Crippen LogP contribution in [0.2, 0.25) is 5.02 Å². The van der Waals surface area contributed by atoms with Gasteiger partial charge in [0.15, 0.2) is 0 Å². The van der Waals surface area contributed by atoms with Crippen LogP contribution in [0.1, 0.15) is 21.5 Å². The molecule has 0 fully saturated rings. The number of ether oxygens (including phenoxy) is 1. The Bertz CT molecular complexity index is 601. The fourth-order valence-corrected chi connectivity index (χ4v) is 3.02. The van der Waals surface area contributed by atoms with Crippen LogP contribution in [0.25, 0.3) is 0 Å². The summed E-state index contributed by atoms with van der Waals surface area (Å²) in [6.07, 6.45) is 0. The molecule has 19 heavy (non-hydrogen) atoms. The van der Waals surface area contributed by atoms with Crippen molar-refractivity contribution in [2.24, 2.45) is 0 Å². The van der Waals surface area contributed by atoms with Crippen LogP contribution < -0.4 is 4.74 Å². The highest BCUT2D eigenvalue weighted by molar-refractivity contribution is 14.1. The van der Waals surface area contributed by atoms with Gasteiger partial charge in [0.2, 0.25) is 0 Å². The van der Waals surface area contributed by atoms with Crippen LogP contribution in [0.5, 0.6) is 5.75 Å². The van der Waals surface area contributed by atoms with Crippen LogP contribution in [0.4, 0.5) is 0 Å². The van der Waals surface area contributed by atoms with Crippen molar-refractivity contribution in [2.75, 3.05) is 7.11 Å². The first-order valence-electron chi connectivity index (χ1n) is 5.76. The number of hydrogen-bond acceptors (Lipinski definition) is 1. The largest absolute Gasteiger partial charge is 0.496 e. The molecule has 0 aromatic heterocycles. The van der Waals surface area contributed by atoms with Crippen LogP contribution in [0.15, 0.2) is 36.4 Å². The van der Waals surface area contributed by atoms with Gasteiger partial charge >= 0.3 is 0 Å². The number of rotatable bonds is 3. The Morgan fingerprint density at radius 1 is 1.16 bits per heavy atom. The smallest absolute Gasteiger partial charge is 0.121 e. The summed E-state index contributed by atoms with van der Waals surface area (Å²) in [5, 5.41) is 0.785. The summed E-state index contributed by atoms with van der Waals surface area (Å²) in [6.45, 7) is 2.04. The Kier molecular flexibility index (Phi) is 5.15. The monoisotopic (exact) mass is 450 g/mol. The number of halogens is 3. The van der Waals surface area contributed by atoms with E-state index in [0.29, 0.717) is 0 Å². The Morgan fingerprint density at radius 2 is 1.79 bits per heavy atom. The van der Waals surface area contributed by atoms with Crippen molar-refractivity contribution in [3.63, 3.8) is 0 Å². The molecule has 100 valence electrons. The fourth-order valence-electron chi connectivity index (χ4n) is 1.92. The summed E-state index contributed by atoms with van der Waals surface area (Å²) in [5.74, 6) is 0.907. The topological polar surface area (TPSA) is 9.23 Å². The van der Waals surface area contributed by atoms with Crippen LogP contribution in [-0.2, 0) is 0 Å². The molecule has 2 aromatic rings. The molecule has 1 atom stereocenters. The van der Waals surface area contributed by atoms with Gasteiger partial charge in [-0.25, -0.2) is 0 Å². The van der Waals surface area contributed by atoms with E-state index in [1.165, 1.54) is 5.56 Å². The van der Waals surface area contributed by atoms with Crippen molar-refractivity contribution in [3.8, 4) is 5.75 Å². The number of aryl methyl sites for hydroxylation is 1. The van der Waals surface area contributed by atoms with Gasteiger partial charge in [-0.3, -0.25) is 0 Å². The van der Waals surface area contributed by atoms with E-state index in [0.717, 1.165) is 25.5 Å². The highest BCUT2D eigenvalue weighted by Crippen LogP contribution is 2.35. The molecule has 0 saturated heterocycles. The lowest BCUT2D eigenvalue weighted by atomic mass is 10.0. The normalized spacial score (nSPS) is 12.3. The number of hydrogen-bond donors (Lipinski definition) is 0. The van der Waals surface area contributed by atoms with E-state index in [4.69, 9.17) is 16.3 Å². The van der Waals surface area contributed by atoms with Gasteiger partial charge in [0.1, 0.15) is 5.75 Å². The lowest BCUT2D eigenvalue weighted by Crippen LogP contribution is -1.95. The zero-order valence-corrected chi connectivity index (χ0v) is 15.1. The van der Waals surface area contributed by atoms with Gasteiger partial charge in [-0.1, -0.05) is 45.7 Å². The molecule has 1 unspecified atom stereocenters. The van der Waals surface area contributed by atoms with Crippen molar-refractivity contribution in [1.82, 2.24) is 0 Å². The van der Waals surface area contributed by atoms with E-state index in [-0.39, 0.29) is 4.83 Å². The minimum atomic E-state index is 0.131. The van der Waals surface area contributed by atoms with Gasteiger partial charge in [0.05, 0.1) is 17.0 Å². The molecule has 0 heterocycles. The first-order chi connectivity index (χ1) is 9.02. The zero-order valence-electron chi connectivity index (χ0n) is 10.6. The molecule has 0 saturated carbocycles. The summed E-state index contributed by atoms with van der Waals surface area (Å²) in [5.41, 5.74) is 3.46. The molecular weight excluding hydrogens is 438 g/mol. The predicted molar refractivity (Wildman–Crippen MR) is 92.7 cm³/mol. The number of benzene rings is 2. The molecule has 2 rings (SSSR count). The molecule has 0 aliphatic heterocycles. The van der Waals surface area contributed by atoms with Gasteiger partial charge < -0.3 is 4.74 Å². The third-order valence-corrected chi connectivity index (χ3v) is 5.58. The maximum atomic E-state index is 6.18. The van der Waals surface area contributed by atoms with Crippen LogP contribution in [-0.4, -0.2) is 7.11 Å². The summed E-state index contributed by atoms with van der Waals surface area (Å²) in [6, 6.07) is 12.3. The van der Waals surface area contributed by atoms with Crippen LogP contribution >= 0.6 is 50.1 Å². The number of methoxy groups -OCH3 is 1. The van der Waals surface area contributed by atoms with E-state index in [2.05, 4.69) is 56.7 Å². The first kappa shape index (κ1) is 15.1. The Balaban J connectivity index is 2.35. The second kappa shape index (κ2) is 6.46. The average Bonchev–Trinajstić information content (AvgIpc) is 2.41. The van der Waals surface area contributed by atoms with Crippen molar-refractivity contribution >= 4 is 50.1 Å². The summed E-state index contributed by atoms with van der Waals surface area (Å²) >= 11 is 12.1. The van der Waals surface area contributed by atoms with E-state index >= 15 is 0 Å². The van der Waals surface area contributed by atoms with Crippen LogP contribution in [0.3, 0.4) is 0 Å². The molecule has 0 bridgehead atoms. The van der Waals surface area contributed by atoms with Gasteiger partial charge in [-0.2, -0.15) is 0 Å². The second-order valence-electron chi connectivity index (χ2n) is 4.27. The maximum Gasteiger partial charge on any atom is 0.121 e. The molecular formula is C15H13BrClIO. The van der Waals surface area contributed by atoms with E-state index < -0.39 is 0 Å². The Labute approximate surface area is 140 Å². The third-order valence-electron chi connectivity index (χ3n) is 2.95. The van der Waals surface area contributed by atoms with Gasteiger partial charge in [-0.15, -0.1) is 0 Å². The summed E-state index contributed by atoms with van der Waals surface area (Å²) in [7, 11) is 1.69. The van der Waals surface area contributed by atoms with E-state index in [1.807, 2.05) is 25.1 Å². The van der Waals surface area contributed by atoms with Crippen LogP contribution in [0, 0.1) is 10.5 Å². The molecule has 0 N–H and O–H groups in total. The highest BCUT2D eigenvalue weighted by atomic mass is 127. The van der Waals surface area contributed by atoms with E-state index in [1.54, 1.807) is 7.11 Å². The van der Waals surface area contributed by atoms with Crippen molar-refractivity contribution in [3.05, 3.63) is 61.7 Å². The van der Waals surface area contributed by atoms with Crippen molar-refractivity contribution < 1.29 is 4.74 Å². The number of alkyl halides is 1. The second-order valence-corrected chi connectivity index (χ2v) is 6.75. The lowest BCUT2D eigenvalue weighted by Gasteiger charge is -2.14. The van der Waals surface area contributed by atoms with Gasteiger partial charge in [0.25, 0.3) is 0 Å². The molecule has 0 radical (unpaired) electrons. The SMILES string of the molecule is COc1ccc(C(Br)c2ccc(I)c(Cl)c2)cc1C. The molecule has 0 aliphatic rings. The Hall–Kier alpha value is -0.260. The minimum absolute atomic E-state index is 0.131. The molecule has 0 amide bonds. The molecule has 0 aliphatic carbocycles. The molecule has 1 nitrogen and oxygen atoms in total. The highest BCUT2D eigenvalue weighted by Gasteiger charge is 2.13. The quantitative estimate of drug-likeness (QED) is 0.427. The van der Waals surface area contributed by atoms with Crippen molar-refractivity contribution in [2.45, 2.75) is 11.8 Å². The van der Waals surface area contributed by atoms with Crippen molar-refractivity contribution in [1.29, 1.82) is 0 Å². The maximum absolute atomic E-state index is 6.18. The molecule has 0 spiro atoms. The summed E-state index contributed by atoms with van der Waals surface area (Å²) < 4.78 is 6.35. The molecule has 2 aromatic carbocycles. The standard InChI is InChI=1S/C15H13BrClIO/c1-9-7-10(4-6-14(9)19-2)15(16)11-3-5-13(18)12(17)8-11/h3-8,15H,1-2H3. The summed E-state index contributed by atoms with van der Waals surface area (Å²) in [4.78, 5) is 0.131. The minimum Gasteiger partial charge on any atom is -0.496 e. The zero-order chi connectivity index (χ0) is 14.0.